The molecule has 1 atom stereocenters. The molecule has 0 aromatic heterocycles. The second kappa shape index (κ2) is 12.1. The van der Waals surface area contributed by atoms with Crippen molar-refractivity contribution in [2.24, 2.45) is 0 Å². The van der Waals surface area contributed by atoms with Gasteiger partial charge in [-0.25, -0.2) is 17.6 Å². The number of nitrogens with one attached hydrogen (secondary N) is 2. The van der Waals surface area contributed by atoms with E-state index in [1.54, 1.807) is 11.5 Å². The van der Waals surface area contributed by atoms with Gasteiger partial charge >= 0.3 is 18.1 Å². The molecule has 15 heteroatoms. The highest BCUT2D eigenvalue weighted by Gasteiger charge is 2.40. The minimum Gasteiger partial charge on any atom is -0.497 e. The number of anilines is 1. The van der Waals surface area contributed by atoms with E-state index in [1.165, 1.54) is 35.6 Å². The third-order valence-corrected chi connectivity index (χ3v) is 6.86. The molecule has 2 rings (SSSR count). The summed E-state index contributed by atoms with van der Waals surface area (Å²) >= 11 is 0. The van der Waals surface area contributed by atoms with Crippen molar-refractivity contribution in [1.82, 2.24) is 15.8 Å². The van der Waals surface area contributed by atoms with Crippen LogP contribution in [-0.2, 0) is 19.4 Å². The Kier molecular flexibility index (Phi) is 9.67. The van der Waals surface area contributed by atoms with Gasteiger partial charge in [0.25, 0.3) is 5.91 Å². The van der Waals surface area contributed by atoms with E-state index in [1.807, 2.05) is 0 Å². The van der Waals surface area contributed by atoms with Crippen LogP contribution in [0.5, 0.6) is 5.75 Å². The zero-order valence-corrected chi connectivity index (χ0v) is 20.1. The maximum absolute atomic E-state index is 13.5. The number of hydrazine groups is 1. The number of hydrogen-bond donors (Lipinski definition) is 2. The van der Waals surface area contributed by atoms with E-state index in [0.717, 1.165) is 4.90 Å². The molecule has 1 aromatic rings. The molecule has 0 bridgehead atoms. The van der Waals surface area contributed by atoms with Crippen molar-refractivity contribution in [3.8, 4) is 5.75 Å². The lowest BCUT2D eigenvalue weighted by atomic mass is 10.1. The number of ether oxygens (including phenoxy) is 1. The molecule has 2 N–H and O–H groups in total. The fraction of sp³-hybridized carbons (Fsp3) is 0.476. The zero-order valence-electron chi connectivity index (χ0n) is 19.3. The maximum Gasteiger partial charge on any atom is 0.472 e. The van der Waals surface area contributed by atoms with E-state index in [-0.39, 0.29) is 55.3 Å². The summed E-state index contributed by atoms with van der Waals surface area (Å²) in [5.74, 6) is -4.67. The van der Waals surface area contributed by atoms with Crippen LogP contribution in [0.3, 0.4) is 0 Å². The molecule has 10 nitrogen and oxygen atoms in total. The summed E-state index contributed by atoms with van der Waals surface area (Å²) in [6.45, 7) is 2.76. The molecule has 200 valence electrons. The number of rotatable bonds is 8. The van der Waals surface area contributed by atoms with Crippen molar-refractivity contribution in [3.05, 3.63) is 36.7 Å². The van der Waals surface area contributed by atoms with Crippen molar-refractivity contribution in [3.63, 3.8) is 0 Å². The Balaban J connectivity index is 2.44. The Morgan fingerprint density at radius 1 is 1.19 bits per heavy atom. The number of methoxy groups -OCH3 is 1. The number of alkyl halides is 3. The van der Waals surface area contributed by atoms with Gasteiger partial charge in [-0.15, -0.1) is 0 Å². The summed E-state index contributed by atoms with van der Waals surface area (Å²) < 4.78 is 79.8. The second-order valence-corrected chi connectivity index (χ2v) is 10.2. The number of urea groups is 1. The number of nitrogens with zero attached hydrogens (tertiary/aromatic N) is 2. The number of allylic oxidation sites excluding steroid dienone is 1. The lowest BCUT2D eigenvalue weighted by Gasteiger charge is -2.37. The highest BCUT2D eigenvalue weighted by Crippen LogP contribution is 2.27. The number of halogens is 4. The van der Waals surface area contributed by atoms with Gasteiger partial charge in [0.2, 0.25) is 0 Å². The molecule has 1 heterocycles. The van der Waals surface area contributed by atoms with Crippen LogP contribution in [-0.4, -0.2) is 75.1 Å². The molecule has 1 aliphatic rings. The Morgan fingerprint density at radius 3 is 2.39 bits per heavy atom. The highest BCUT2D eigenvalue weighted by atomic mass is 32.2. The first kappa shape index (κ1) is 28.9. The molecule has 4 amide bonds. The van der Waals surface area contributed by atoms with Crippen LogP contribution in [0.1, 0.15) is 19.3 Å². The number of amides is 4. The smallest absolute Gasteiger partial charge is 0.472 e. The number of carbonyl (C=O) groups excluding carboxylic acids is 3. The standard InChI is InChI=1S/C21H26F4N4O6S/c1-14(22)5-3-8-17(18(30)26-27-19(31)21(23,24)25)29(15-6-4-7-16(13-15)35-2)20(32)28-9-11-36(33,34)12-10-28/h4,6-7,13,17H,1,3,5,8-12H2,2H3,(H,26,30)(H,27,31). The summed E-state index contributed by atoms with van der Waals surface area (Å²) in [5, 5.41) is 0. The van der Waals surface area contributed by atoms with Crippen molar-refractivity contribution in [2.45, 2.75) is 31.5 Å². The van der Waals surface area contributed by atoms with E-state index in [9.17, 15) is 40.4 Å². The van der Waals surface area contributed by atoms with Crippen LogP contribution in [0.4, 0.5) is 28.0 Å². The van der Waals surface area contributed by atoms with Gasteiger partial charge in [0.1, 0.15) is 11.8 Å². The largest absolute Gasteiger partial charge is 0.497 e. The molecular formula is C21H26F4N4O6S. The Hall–Kier alpha value is -3.36. The maximum atomic E-state index is 13.5. The van der Waals surface area contributed by atoms with E-state index in [2.05, 4.69) is 6.58 Å². The van der Waals surface area contributed by atoms with Gasteiger partial charge in [0.05, 0.1) is 30.1 Å². The topological polar surface area (TPSA) is 125 Å². The summed E-state index contributed by atoms with van der Waals surface area (Å²) in [5.41, 5.74) is 3.02. The molecule has 36 heavy (non-hydrogen) atoms. The monoisotopic (exact) mass is 538 g/mol. The Labute approximate surface area is 205 Å². The third-order valence-electron chi connectivity index (χ3n) is 5.25. The molecule has 0 saturated carbocycles. The number of carbonyl (C=O) groups is 3. The Bertz CT molecular complexity index is 1080. The molecule has 1 aromatic carbocycles. The molecule has 0 radical (unpaired) electrons. The van der Waals surface area contributed by atoms with Gasteiger partial charge < -0.3 is 9.64 Å². The summed E-state index contributed by atoms with van der Waals surface area (Å²) in [4.78, 5) is 39.8. The van der Waals surface area contributed by atoms with Crippen molar-refractivity contribution < 1.29 is 45.1 Å². The quantitative estimate of drug-likeness (QED) is 0.386. The summed E-state index contributed by atoms with van der Waals surface area (Å²) in [6, 6.07) is 3.55. The van der Waals surface area contributed by atoms with Crippen molar-refractivity contribution in [1.29, 1.82) is 0 Å². The molecular weight excluding hydrogens is 512 g/mol. The van der Waals surface area contributed by atoms with Crippen LogP contribution in [0.15, 0.2) is 36.7 Å². The first-order valence-electron chi connectivity index (χ1n) is 10.7. The van der Waals surface area contributed by atoms with Gasteiger partial charge in [-0.3, -0.25) is 25.3 Å². The van der Waals surface area contributed by atoms with Gasteiger partial charge in [-0.2, -0.15) is 13.2 Å². The van der Waals surface area contributed by atoms with Crippen LogP contribution in [0, 0.1) is 0 Å². The van der Waals surface area contributed by atoms with Crippen molar-refractivity contribution >= 4 is 33.4 Å². The molecule has 1 unspecified atom stereocenters. The van der Waals surface area contributed by atoms with E-state index < -0.39 is 45.7 Å². The summed E-state index contributed by atoms with van der Waals surface area (Å²) in [6.07, 6.45) is -5.73. The van der Waals surface area contributed by atoms with Gasteiger partial charge in [-0.05, 0) is 31.4 Å². The van der Waals surface area contributed by atoms with Gasteiger partial charge in [0, 0.05) is 19.2 Å². The highest BCUT2D eigenvalue weighted by molar-refractivity contribution is 7.91. The van der Waals surface area contributed by atoms with Crippen molar-refractivity contribution in [2.75, 3.05) is 36.6 Å². The van der Waals surface area contributed by atoms with E-state index in [0.29, 0.717) is 0 Å². The molecule has 1 aliphatic heterocycles. The average molecular weight is 539 g/mol. The number of benzene rings is 1. The van der Waals surface area contributed by atoms with Crippen LogP contribution >= 0.6 is 0 Å². The minimum atomic E-state index is -5.28. The van der Waals surface area contributed by atoms with Crippen LogP contribution in [0.25, 0.3) is 0 Å². The van der Waals surface area contributed by atoms with E-state index >= 15 is 0 Å². The third kappa shape index (κ3) is 8.10. The zero-order chi connectivity index (χ0) is 27.1. The number of hydrogen-bond acceptors (Lipinski definition) is 6. The molecule has 0 aliphatic carbocycles. The predicted molar refractivity (Wildman–Crippen MR) is 121 cm³/mol. The fourth-order valence-electron chi connectivity index (χ4n) is 3.38. The first-order chi connectivity index (χ1) is 16.7. The predicted octanol–water partition coefficient (Wildman–Crippen LogP) is 2.08. The second-order valence-electron chi connectivity index (χ2n) is 7.86. The Morgan fingerprint density at radius 2 is 1.83 bits per heavy atom. The average Bonchev–Trinajstić information content (AvgIpc) is 2.80. The first-order valence-corrected chi connectivity index (χ1v) is 12.5. The molecule has 0 spiro atoms. The lowest BCUT2D eigenvalue weighted by molar-refractivity contribution is -0.175. The molecule has 1 saturated heterocycles. The summed E-state index contributed by atoms with van der Waals surface area (Å²) in [7, 11) is -2.01. The van der Waals surface area contributed by atoms with Gasteiger partial charge in [-0.1, -0.05) is 12.6 Å². The number of sulfone groups is 1. The normalized spacial score (nSPS) is 16.0. The minimum absolute atomic E-state index is 0.0250. The van der Waals surface area contributed by atoms with Crippen LogP contribution < -0.4 is 20.5 Å². The van der Waals surface area contributed by atoms with E-state index in [4.69, 9.17) is 4.74 Å². The lowest BCUT2D eigenvalue weighted by Crippen LogP contribution is -2.59. The van der Waals surface area contributed by atoms with Crippen LogP contribution in [0.2, 0.25) is 0 Å². The van der Waals surface area contributed by atoms with Gasteiger partial charge in [0.15, 0.2) is 9.84 Å². The SMILES string of the molecule is C=C(F)CCCC(C(=O)NNC(=O)C(F)(F)F)N(C(=O)N1CCS(=O)(=O)CC1)c1cccc(OC)c1. The fourth-order valence-corrected chi connectivity index (χ4v) is 4.58. The molecule has 1 fully saturated rings.